The molecule has 0 fully saturated rings. The van der Waals surface area contributed by atoms with Gasteiger partial charge in [-0.2, -0.15) is 0 Å². The van der Waals surface area contributed by atoms with Crippen molar-refractivity contribution in [1.29, 1.82) is 0 Å². The molecular formula is C18H40BN+. The largest absolute Gasteiger partial charge is 0.324 e. The van der Waals surface area contributed by atoms with Gasteiger partial charge in [-0.15, -0.1) is 0 Å². The van der Waals surface area contributed by atoms with Crippen LogP contribution in [0, 0.1) is 0 Å². The van der Waals surface area contributed by atoms with E-state index in [0.717, 1.165) is 0 Å². The van der Waals surface area contributed by atoms with Gasteiger partial charge in [0.15, 0.2) is 0 Å². The van der Waals surface area contributed by atoms with E-state index in [-0.39, 0.29) is 8.41 Å². The zero-order valence-electron chi connectivity index (χ0n) is 14.9. The Hall–Kier alpha value is 0.0249. The summed E-state index contributed by atoms with van der Waals surface area (Å²) in [6.07, 6.45) is 14.1. The van der Waals surface area contributed by atoms with Gasteiger partial charge >= 0.3 is 0 Å². The van der Waals surface area contributed by atoms with Gasteiger partial charge < -0.3 is 4.48 Å². The molecule has 0 bridgehead atoms. The molecule has 0 N–H and O–H groups in total. The summed E-state index contributed by atoms with van der Waals surface area (Å²) in [6.45, 7) is 15.0. The summed E-state index contributed by atoms with van der Waals surface area (Å²) >= 11 is 0. The molecule has 0 aromatic rings. The fourth-order valence-electron chi connectivity index (χ4n) is 3.50. The molecular weight excluding hydrogens is 241 g/mol. The smallest absolute Gasteiger partial charge is 0.0786 e. The Morgan fingerprint density at radius 3 is 1.25 bits per heavy atom. The van der Waals surface area contributed by atoms with Crippen molar-refractivity contribution in [2.45, 2.75) is 91.9 Å². The van der Waals surface area contributed by atoms with Crippen molar-refractivity contribution < 1.29 is 4.48 Å². The molecule has 1 nitrogen and oxygen atoms in total. The fourth-order valence-corrected chi connectivity index (χ4v) is 3.50. The monoisotopic (exact) mass is 281 g/mol. The third kappa shape index (κ3) is 10.8. The minimum atomic E-state index is 0. The summed E-state index contributed by atoms with van der Waals surface area (Å²) in [7, 11) is 0. The molecule has 0 saturated carbocycles. The average Bonchev–Trinajstić information content (AvgIpc) is 2.39. The first-order valence-corrected chi connectivity index (χ1v) is 9.09. The summed E-state index contributed by atoms with van der Waals surface area (Å²) in [5.41, 5.74) is 0. The van der Waals surface area contributed by atoms with Gasteiger partial charge in [0.05, 0.1) is 26.2 Å². The SMILES string of the molecule is CCCCCCCCC[N+](CCC)(CCC)CCC.[B]. The average molecular weight is 281 g/mol. The van der Waals surface area contributed by atoms with Crippen LogP contribution in [0.2, 0.25) is 0 Å². The molecule has 0 aromatic heterocycles. The van der Waals surface area contributed by atoms with Crippen LogP contribution in [0.25, 0.3) is 0 Å². The molecule has 20 heavy (non-hydrogen) atoms. The highest BCUT2D eigenvalue weighted by Gasteiger charge is 2.23. The molecule has 0 amide bonds. The van der Waals surface area contributed by atoms with E-state index in [9.17, 15) is 0 Å². The lowest BCUT2D eigenvalue weighted by molar-refractivity contribution is -0.928. The molecule has 119 valence electrons. The van der Waals surface area contributed by atoms with E-state index in [1.54, 1.807) is 0 Å². The number of hydrogen-bond donors (Lipinski definition) is 0. The topological polar surface area (TPSA) is 0 Å². The van der Waals surface area contributed by atoms with E-state index in [1.165, 1.54) is 94.9 Å². The molecule has 0 aliphatic carbocycles. The van der Waals surface area contributed by atoms with Crippen LogP contribution < -0.4 is 0 Å². The normalized spacial score (nSPS) is 11.4. The maximum Gasteiger partial charge on any atom is 0.0786 e. The van der Waals surface area contributed by atoms with Crippen LogP contribution in [0.4, 0.5) is 0 Å². The van der Waals surface area contributed by atoms with E-state index in [2.05, 4.69) is 27.7 Å². The molecule has 3 radical (unpaired) electrons. The van der Waals surface area contributed by atoms with Gasteiger partial charge in [-0.3, -0.25) is 0 Å². The van der Waals surface area contributed by atoms with Crippen molar-refractivity contribution >= 4 is 8.41 Å². The lowest BCUT2D eigenvalue weighted by Gasteiger charge is -2.38. The Labute approximate surface area is 131 Å². The highest BCUT2D eigenvalue weighted by molar-refractivity contribution is 5.75. The molecule has 0 aliphatic heterocycles. The number of nitrogens with zero attached hydrogens (tertiary/aromatic N) is 1. The maximum absolute atomic E-state index is 2.35. The maximum atomic E-state index is 2.35. The molecule has 0 atom stereocenters. The van der Waals surface area contributed by atoms with Gasteiger partial charge in [-0.25, -0.2) is 0 Å². The van der Waals surface area contributed by atoms with Crippen molar-refractivity contribution in [2.24, 2.45) is 0 Å². The first-order chi connectivity index (χ1) is 9.24. The second-order valence-electron chi connectivity index (χ2n) is 6.36. The molecule has 0 heterocycles. The standard InChI is InChI=1S/C18H40N.B/c1-5-9-10-11-12-13-14-18-19(15-6-2,16-7-3)17-8-4;/h5-18H2,1-4H3;/q+1;. The van der Waals surface area contributed by atoms with Gasteiger partial charge in [0.2, 0.25) is 0 Å². The fraction of sp³-hybridized carbons (Fsp3) is 1.00. The lowest BCUT2D eigenvalue weighted by atomic mass is 10.1. The Morgan fingerprint density at radius 1 is 0.450 bits per heavy atom. The minimum absolute atomic E-state index is 0. The summed E-state index contributed by atoms with van der Waals surface area (Å²) < 4.78 is 1.40. The third-order valence-electron chi connectivity index (χ3n) is 4.33. The molecule has 0 rings (SSSR count). The molecule has 2 heteroatoms. The van der Waals surface area contributed by atoms with E-state index < -0.39 is 0 Å². The number of unbranched alkanes of at least 4 members (excludes halogenated alkanes) is 6. The second kappa shape index (κ2) is 15.4. The number of rotatable bonds is 14. The molecule has 0 spiro atoms. The Balaban J connectivity index is 0. The van der Waals surface area contributed by atoms with E-state index in [4.69, 9.17) is 0 Å². The van der Waals surface area contributed by atoms with Gasteiger partial charge in [0.25, 0.3) is 0 Å². The first kappa shape index (κ1) is 22.3. The summed E-state index contributed by atoms with van der Waals surface area (Å²) in [4.78, 5) is 0. The zero-order chi connectivity index (χ0) is 14.4. The minimum Gasteiger partial charge on any atom is -0.324 e. The van der Waals surface area contributed by atoms with Crippen LogP contribution in [-0.2, 0) is 0 Å². The van der Waals surface area contributed by atoms with Crippen LogP contribution in [0.1, 0.15) is 91.9 Å². The zero-order valence-corrected chi connectivity index (χ0v) is 14.9. The Bertz CT molecular complexity index is 165. The van der Waals surface area contributed by atoms with E-state index >= 15 is 0 Å². The Kier molecular flexibility index (Phi) is 17.2. The predicted octanol–water partition coefficient (Wildman–Crippen LogP) is 5.40. The van der Waals surface area contributed by atoms with E-state index in [1.807, 2.05) is 0 Å². The summed E-state index contributed by atoms with van der Waals surface area (Å²) in [5, 5.41) is 0. The van der Waals surface area contributed by atoms with E-state index in [0.29, 0.717) is 0 Å². The predicted molar refractivity (Wildman–Crippen MR) is 94.3 cm³/mol. The highest BCUT2D eigenvalue weighted by Crippen LogP contribution is 2.15. The van der Waals surface area contributed by atoms with Gasteiger partial charge in [0, 0.05) is 8.41 Å². The van der Waals surface area contributed by atoms with Crippen molar-refractivity contribution in [3.63, 3.8) is 0 Å². The molecule has 0 unspecified atom stereocenters. The van der Waals surface area contributed by atoms with Gasteiger partial charge in [-0.1, -0.05) is 59.8 Å². The van der Waals surface area contributed by atoms with Gasteiger partial charge in [-0.05, 0) is 32.1 Å². The van der Waals surface area contributed by atoms with Crippen molar-refractivity contribution in [3.8, 4) is 0 Å². The highest BCUT2D eigenvalue weighted by atomic mass is 15.3. The van der Waals surface area contributed by atoms with Crippen LogP contribution in [-0.4, -0.2) is 39.1 Å². The van der Waals surface area contributed by atoms with Crippen LogP contribution in [0.3, 0.4) is 0 Å². The summed E-state index contributed by atoms with van der Waals surface area (Å²) in [6, 6.07) is 0. The number of hydrogen-bond acceptors (Lipinski definition) is 0. The molecule has 0 saturated heterocycles. The third-order valence-corrected chi connectivity index (χ3v) is 4.33. The lowest BCUT2D eigenvalue weighted by Crippen LogP contribution is -2.50. The second-order valence-corrected chi connectivity index (χ2v) is 6.36. The van der Waals surface area contributed by atoms with Gasteiger partial charge in [0.1, 0.15) is 0 Å². The van der Waals surface area contributed by atoms with Crippen molar-refractivity contribution in [1.82, 2.24) is 0 Å². The summed E-state index contributed by atoms with van der Waals surface area (Å²) in [5.74, 6) is 0. The molecule has 0 aromatic carbocycles. The quantitative estimate of drug-likeness (QED) is 0.227. The molecule has 0 aliphatic rings. The number of quaternary nitrogens is 1. The van der Waals surface area contributed by atoms with Crippen LogP contribution >= 0.6 is 0 Å². The van der Waals surface area contributed by atoms with Crippen molar-refractivity contribution in [3.05, 3.63) is 0 Å². The van der Waals surface area contributed by atoms with Crippen molar-refractivity contribution in [2.75, 3.05) is 26.2 Å². The van der Waals surface area contributed by atoms with Crippen LogP contribution in [0.15, 0.2) is 0 Å². The Morgan fingerprint density at radius 2 is 0.850 bits per heavy atom. The van der Waals surface area contributed by atoms with Crippen LogP contribution in [0.5, 0.6) is 0 Å². The first-order valence-electron chi connectivity index (χ1n) is 9.09.